The highest BCUT2D eigenvalue weighted by Gasteiger charge is 2.29. The average molecular weight is 411 g/mol. The topological polar surface area (TPSA) is 94.0 Å². The minimum atomic E-state index is -0.303. The Balaban J connectivity index is 1.33. The van der Waals surface area contributed by atoms with E-state index in [1.54, 1.807) is 0 Å². The van der Waals surface area contributed by atoms with Crippen LogP contribution in [0.4, 0.5) is 0 Å². The molecule has 152 valence electrons. The van der Waals surface area contributed by atoms with Crippen LogP contribution in [0.5, 0.6) is 0 Å². The van der Waals surface area contributed by atoms with Crippen LogP contribution in [-0.2, 0) is 0 Å². The second kappa shape index (κ2) is 8.47. The number of nitrogens with zero attached hydrogens (tertiary/aromatic N) is 2. The molecular weight excluding hydrogens is 384 g/mol. The van der Waals surface area contributed by atoms with E-state index in [0.717, 1.165) is 30.6 Å². The monoisotopic (exact) mass is 410 g/mol. The van der Waals surface area contributed by atoms with Crippen molar-refractivity contribution in [3.05, 3.63) is 58.3 Å². The number of amides is 1. The quantitative estimate of drug-likeness (QED) is 0.650. The Bertz CT molecular complexity index is 975. The van der Waals surface area contributed by atoms with Crippen LogP contribution in [0.1, 0.15) is 59.1 Å². The van der Waals surface area contributed by atoms with Crippen molar-refractivity contribution in [2.45, 2.75) is 51.6 Å². The zero-order chi connectivity index (χ0) is 20.4. The van der Waals surface area contributed by atoms with Crippen LogP contribution in [-0.4, -0.2) is 22.1 Å². The van der Waals surface area contributed by atoms with Gasteiger partial charge in [-0.1, -0.05) is 29.4 Å². The normalized spacial score (nSPS) is 20.4. The second-order valence-corrected chi connectivity index (χ2v) is 8.75. The van der Waals surface area contributed by atoms with Gasteiger partial charge < -0.3 is 15.6 Å². The molecule has 2 heterocycles. The molecule has 1 saturated carbocycles. The molecular formula is C22H26N4O2S. The van der Waals surface area contributed by atoms with E-state index < -0.39 is 0 Å². The van der Waals surface area contributed by atoms with Gasteiger partial charge in [0.05, 0.1) is 4.88 Å². The van der Waals surface area contributed by atoms with E-state index in [-0.39, 0.29) is 23.9 Å². The molecule has 0 saturated heterocycles. The van der Waals surface area contributed by atoms with Crippen LogP contribution >= 0.6 is 11.3 Å². The molecule has 1 aromatic carbocycles. The van der Waals surface area contributed by atoms with E-state index in [1.165, 1.54) is 28.0 Å². The molecule has 0 bridgehead atoms. The van der Waals surface area contributed by atoms with Crippen molar-refractivity contribution < 1.29 is 9.32 Å². The largest absolute Gasteiger partial charge is 0.345 e. The molecule has 3 N–H and O–H groups in total. The van der Waals surface area contributed by atoms with Gasteiger partial charge >= 0.3 is 11.8 Å². The van der Waals surface area contributed by atoms with Crippen molar-refractivity contribution in [1.82, 2.24) is 15.5 Å². The molecule has 0 spiro atoms. The Labute approximate surface area is 174 Å². The summed E-state index contributed by atoms with van der Waals surface area (Å²) < 4.78 is 5.15. The number of hydrogen-bond donors (Lipinski definition) is 2. The number of aryl methyl sites for hydroxylation is 1. The number of nitrogens with two attached hydrogens (primary N) is 1. The first-order chi connectivity index (χ1) is 14.0. The van der Waals surface area contributed by atoms with Gasteiger partial charge in [-0.25, -0.2) is 0 Å². The summed E-state index contributed by atoms with van der Waals surface area (Å²) in [7, 11) is 0. The highest BCUT2D eigenvalue weighted by atomic mass is 32.1. The van der Waals surface area contributed by atoms with Gasteiger partial charge in [0.15, 0.2) is 0 Å². The maximum absolute atomic E-state index is 12.5. The Morgan fingerprint density at radius 2 is 2.00 bits per heavy atom. The smallest absolute Gasteiger partial charge is 0.316 e. The summed E-state index contributed by atoms with van der Waals surface area (Å²) in [6.45, 7) is 4.27. The lowest BCUT2D eigenvalue weighted by atomic mass is 9.78. The molecule has 6 nitrogen and oxygen atoms in total. The third-order valence-electron chi connectivity index (χ3n) is 5.98. The molecule has 4 rings (SSSR count). The second-order valence-electron chi connectivity index (χ2n) is 7.80. The van der Waals surface area contributed by atoms with Crippen molar-refractivity contribution in [1.29, 1.82) is 0 Å². The molecule has 1 aliphatic carbocycles. The molecule has 1 aliphatic rings. The average Bonchev–Trinajstić information content (AvgIpc) is 3.42. The highest BCUT2D eigenvalue weighted by molar-refractivity contribution is 7.13. The van der Waals surface area contributed by atoms with Gasteiger partial charge in [-0.3, -0.25) is 4.79 Å². The zero-order valence-corrected chi connectivity index (χ0v) is 17.5. The van der Waals surface area contributed by atoms with Crippen LogP contribution in [0.2, 0.25) is 0 Å². The number of carbonyl (C=O) groups is 1. The van der Waals surface area contributed by atoms with E-state index in [4.69, 9.17) is 10.3 Å². The maximum Gasteiger partial charge on any atom is 0.316 e. The van der Waals surface area contributed by atoms with Crippen molar-refractivity contribution in [2.24, 2.45) is 11.7 Å². The van der Waals surface area contributed by atoms with Crippen LogP contribution in [0.15, 0.2) is 40.2 Å². The molecule has 1 fully saturated rings. The van der Waals surface area contributed by atoms with Gasteiger partial charge in [-0.15, -0.1) is 11.3 Å². The lowest BCUT2D eigenvalue weighted by molar-refractivity contribution is 0.0875. The predicted molar refractivity (Wildman–Crippen MR) is 114 cm³/mol. The summed E-state index contributed by atoms with van der Waals surface area (Å²) in [4.78, 5) is 17.6. The van der Waals surface area contributed by atoms with Crippen LogP contribution in [0.25, 0.3) is 10.7 Å². The molecule has 0 radical (unpaired) electrons. The number of rotatable bonds is 5. The fourth-order valence-electron chi connectivity index (χ4n) is 4.08. The number of aromatic nitrogens is 2. The summed E-state index contributed by atoms with van der Waals surface area (Å²) >= 11 is 1.51. The van der Waals surface area contributed by atoms with Gasteiger partial charge in [-0.05, 0) is 73.6 Å². The van der Waals surface area contributed by atoms with Crippen molar-refractivity contribution in [2.75, 3.05) is 0 Å². The lowest BCUT2D eigenvalue weighted by Gasteiger charge is -2.33. The Kier molecular flexibility index (Phi) is 5.78. The van der Waals surface area contributed by atoms with E-state index in [0.29, 0.717) is 11.7 Å². The summed E-state index contributed by atoms with van der Waals surface area (Å²) in [6.07, 6.45) is 3.79. The Morgan fingerprint density at radius 1 is 1.21 bits per heavy atom. The van der Waals surface area contributed by atoms with Gasteiger partial charge in [0, 0.05) is 12.1 Å². The van der Waals surface area contributed by atoms with E-state index in [1.807, 2.05) is 17.5 Å². The number of benzene rings is 1. The standard InChI is InChI=1S/C22H26N4O2S/c1-13-5-3-6-17(14(13)2)19(23)15-8-10-16(11-9-15)24-21(27)22-25-20(26-28-22)18-7-4-12-29-18/h3-7,12,15-16,19H,8-11,23H2,1-2H3,(H,24,27). The van der Waals surface area contributed by atoms with Crippen LogP contribution in [0.3, 0.4) is 0 Å². The van der Waals surface area contributed by atoms with Gasteiger partial charge in [0.2, 0.25) is 5.82 Å². The Hall–Kier alpha value is -2.51. The number of carbonyl (C=O) groups excluding carboxylic acids is 1. The van der Waals surface area contributed by atoms with Gasteiger partial charge in [0.1, 0.15) is 0 Å². The minimum Gasteiger partial charge on any atom is -0.345 e. The molecule has 1 amide bonds. The Morgan fingerprint density at radius 3 is 2.72 bits per heavy atom. The molecule has 0 aliphatic heterocycles. The molecule has 29 heavy (non-hydrogen) atoms. The van der Waals surface area contributed by atoms with Crippen molar-refractivity contribution in [3.8, 4) is 10.7 Å². The number of hydrogen-bond acceptors (Lipinski definition) is 6. The first-order valence-electron chi connectivity index (χ1n) is 10.0. The van der Waals surface area contributed by atoms with E-state index in [9.17, 15) is 4.79 Å². The van der Waals surface area contributed by atoms with E-state index in [2.05, 4.69) is 47.5 Å². The summed E-state index contributed by atoms with van der Waals surface area (Å²) in [6, 6.07) is 10.3. The van der Waals surface area contributed by atoms with Crippen molar-refractivity contribution >= 4 is 17.2 Å². The molecule has 3 aromatic rings. The van der Waals surface area contributed by atoms with Gasteiger partial charge in [0.25, 0.3) is 0 Å². The predicted octanol–water partition coefficient (Wildman–Crippen LogP) is 4.40. The third-order valence-corrected chi connectivity index (χ3v) is 6.85. The summed E-state index contributed by atoms with van der Waals surface area (Å²) in [5.74, 6) is 0.594. The fraction of sp³-hybridized carbons (Fsp3) is 0.409. The van der Waals surface area contributed by atoms with Crippen LogP contribution in [0, 0.1) is 19.8 Å². The fourth-order valence-corrected chi connectivity index (χ4v) is 4.73. The highest BCUT2D eigenvalue weighted by Crippen LogP contribution is 2.35. The summed E-state index contributed by atoms with van der Waals surface area (Å²) in [5.41, 5.74) is 10.4. The van der Waals surface area contributed by atoms with E-state index >= 15 is 0 Å². The van der Waals surface area contributed by atoms with Crippen LogP contribution < -0.4 is 11.1 Å². The molecule has 1 unspecified atom stereocenters. The first kappa shape index (κ1) is 19.8. The molecule has 1 atom stereocenters. The third kappa shape index (κ3) is 4.26. The maximum atomic E-state index is 12.5. The van der Waals surface area contributed by atoms with Gasteiger partial charge in [-0.2, -0.15) is 4.98 Å². The number of nitrogens with one attached hydrogen (secondary N) is 1. The zero-order valence-electron chi connectivity index (χ0n) is 16.7. The summed E-state index contributed by atoms with van der Waals surface area (Å²) in [5, 5.41) is 8.88. The minimum absolute atomic E-state index is 0.0163. The van der Waals surface area contributed by atoms with Crippen molar-refractivity contribution in [3.63, 3.8) is 0 Å². The molecule has 7 heteroatoms. The number of thiophene rings is 1. The first-order valence-corrected chi connectivity index (χ1v) is 10.9. The lowest BCUT2D eigenvalue weighted by Crippen LogP contribution is -2.39. The molecule has 2 aromatic heterocycles. The SMILES string of the molecule is Cc1cccc(C(N)C2CCC(NC(=O)c3nc(-c4cccs4)no3)CC2)c1C.